The molecule has 178 valence electrons. The van der Waals surface area contributed by atoms with E-state index in [0.29, 0.717) is 35.8 Å². The monoisotopic (exact) mass is 465 g/mol. The van der Waals surface area contributed by atoms with E-state index in [4.69, 9.17) is 14.8 Å². The number of H-pyrrole nitrogens is 1. The summed E-state index contributed by atoms with van der Waals surface area (Å²) in [6, 6.07) is 5.52. The van der Waals surface area contributed by atoms with E-state index >= 15 is 0 Å². The van der Waals surface area contributed by atoms with Crippen LogP contribution in [0.1, 0.15) is 29.6 Å². The summed E-state index contributed by atoms with van der Waals surface area (Å²) in [5.74, 6) is 0.423. The molecule has 1 amide bonds. The molecule has 3 atom stereocenters. The molecule has 6 rings (SSSR count). The minimum absolute atomic E-state index is 0.176. The Balaban J connectivity index is 0.000000351. The lowest BCUT2D eigenvalue weighted by Gasteiger charge is -2.32. The maximum absolute atomic E-state index is 12.7. The molecule has 2 fully saturated rings. The average molecular weight is 466 g/mol. The fourth-order valence-electron chi connectivity index (χ4n) is 4.03. The Morgan fingerprint density at radius 2 is 2.18 bits per heavy atom. The number of fused-ring (bicyclic) bond motifs is 2. The lowest BCUT2D eigenvalue weighted by molar-refractivity contribution is 0.0448. The van der Waals surface area contributed by atoms with Gasteiger partial charge in [0, 0.05) is 43.1 Å². The lowest BCUT2D eigenvalue weighted by Crippen LogP contribution is -2.50. The van der Waals surface area contributed by atoms with E-state index in [1.165, 1.54) is 6.20 Å². The summed E-state index contributed by atoms with van der Waals surface area (Å²) in [6.07, 6.45) is 6.73. The van der Waals surface area contributed by atoms with Gasteiger partial charge in [0.25, 0.3) is 5.91 Å². The number of pyridine rings is 1. The summed E-state index contributed by atoms with van der Waals surface area (Å²) in [6.45, 7) is 1.28. The number of nitrogens with one attached hydrogen (secondary N) is 3. The van der Waals surface area contributed by atoms with Crippen LogP contribution >= 0.6 is 0 Å². The number of amides is 1. The molecule has 34 heavy (non-hydrogen) atoms. The van der Waals surface area contributed by atoms with Gasteiger partial charge in [0.05, 0.1) is 36.7 Å². The minimum Gasteiger partial charge on any atom is -0.391 e. The van der Waals surface area contributed by atoms with E-state index in [2.05, 4.69) is 25.7 Å². The molecule has 0 aromatic carbocycles. The van der Waals surface area contributed by atoms with Crippen LogP contribution in [0.4, 0.5) is 5.82 Å². The van der Waals surface area contributed by atoms with Crippen molar-refractivity contribution < 1.29 is 19.7 Å². The van der Waals surface area contributed by atoms with Crippen molar-refractivity contribution in [3.8, 4) is 11.3 Å². The molecule has 0 radical (unpaired) electrons. The second-order valence-corrected chi connectivity index (χ2v) is 8.41. The number of aromatic amines is 1. The number of rotatable bonds is 4. The Morgan fingerprint density at radius 1 is 1.29 bits per heavy atom. The van der Waals surface area contributed by atoms with Crippen LogP contribution < -0.4 is 10.6 Å². The maximum atomic E-state index is 12.7. The number of aliphatic hydroxyl groups is 2. The number of carbonyl (C=O) groups is 1. The smallest absolute Gasteiger partial charge is 0.257 e. The van der Waals surface area contributed by atoms with Gasteiger partial charge in [-0.25, -0.2) is 9.97 Å². The molecule has 5 N–H and O–H groups in total. The van der Waals surface area contributed by atoms with Crippen molar-refractivity contribution in [1.82, 2.24) is 29.9 Å². The third-order valence-electron chi connectivity index (χ3n) is 6.16. The van der Waals surface area contributed by atoms with Crippen LogP contribution in [0, 0.1) is 0 Å². The molecule has 11 nitrogen and oxygen atoms in total. The Labute approximate surface area is 195 Å². The van der Waals surface area contributed by atoms with Gasteiger partial charge in [-0.2, -0.15) is 9.61 Å². The summed E-state index contributed by atoms with van der Waals surface area (Å²) in [5.41, 5.74) is 3.19. The second-order valence-electron chi connectivity index (χ2n) is 8.41. The van der Waals surface area contributed by atoms with E-state index in [-0.39, 0.29) is 18.1 Å². The molecule has 11 heteroatoms. The summed E-state index contributed by atoms with van der Waals surface area (Å²) in [5, 5.41) is 29.6. The fraction of sp³-hybridized carbons (Fsp3) is 0.391. The molecule has 1 saturated heterocycles. The number of ether oxygens (including phenoxy) is 1. The topological polar surface area (TPSA) is 150 Å². The quantitative estimate of drug-likeness (QED) is 0.303. The largest absolute Gasteiger partial charge is 0.391 e. The summed E-state index contributed by atoms with van der Waals surface area (Å²) in [4.78, 5) is 24.9. The standard InChI is InChI=1S/C19H19N7O2.C4H8O2/c1-20-16-7-14(11-8-22-17-10(11)3-2-6-21-17)24-18-12(9-23-26(16)18)19(28)25-13-4-5-15(13)27;5-4-1-2-6-3-4/h2-3,6-9,13,15,20,27H,4-5H2,1H3,(H,21,22)(H,25,28);4-5H,1-3H2/t13-,15+;/m0./s1. The minimum atomic E-state index is -0.485. The lowest BCUT2D eigenvalue weighted by atomic mass is 9.89. The molecule has 1 saturated carbocycles. The Hall–Kier alpha value is -3.54. The molecule has 1 unspecified atom stereocenters. The van der Waals surface area contributed by atoms with Crippen molar-refractivity contribution in [2.45, 2.75) is 37.5 Å². The SMILES string of the molecule is CNc1cc(-c2c[nH]c3ncccc23)nc2c(C(=O)N[C@H]3CC[C@H]3O)cnn12.OC1CCOC1. The molecule has 1 aliphatic carbocycles. The zero-order chi connectivity index (χ0) is 23.7. The van der Waals surface area contributed by atoms with Crippen molar-refractivity contribution in [3.05, 3.63) is 42.4 Å². The number of carbonyl (C=O) groups excluding carboxylic acids is 1. The van der Waals surface area contributed by atoms with Gasteiger partial charge >= 0.3 is 0 Å². The predicted molar refractivity (Wildman–Crippen MR) is 126 cm³/mol. The van der Waals surface area contributed by atoms with Crippen LogP contribution in [0.3, 0.4) is 0 Å². The third kappa shape index (κ3) is 4.20. The normalized spacial score (nSPS) is 21.7. The van der Waals surface area contributed by atoms with Crippen molar-refractivity contribution in [3.63, 3.8) is 0 Å². The number of anilines is 1. The van der Waals surface area contributed by atoms with Crippen LogP contribution in [0.25, 0.3) is 27.9 Å². The van der Waals surface area contributed by atoms with Gasteiger partial charge in [0.15, 0.2) is 5.65 Å². The van der Waals surface area contributed by atoms with Gasteiger partial charge in [0.2, 0.25) is 0 Å². The van der Waals surface area contributed by atoms with Gasteiger partial charge in [-0.15, -0.1) is 0 Å². The number of aliphatic hydroxyl groups excluding tert-OH is 2. The first-order valence-corrected chi connectivity index (χ1v) is 11.3. The molecule has 0 spiro atoms. The van der Waals surface area contributed by atoms with Crippen LogP contribution in [-0.2, 0) is 4.74 Å². The van der Waals surface area contributed by atoms with Crippen molar-refractivity contribution >= 4 is 28.4 Å². The van der Waals surface area contributed by atoms with Gasteiger partial charge in [0.1, 0.15) is 17.0 Å². The second kappa shape index (κ2) is 9.37. The molecular formula is C23H27N7O4. The number of nitrogens with zero attached hydrogens (tertiary/aromatic N) is 4. The van der Waals surface area contributed by atoms with Crippen LogP contribution in [0.5, 0.6) is 0 Å². The number of aromatic nitrogens is 5. The van der Waals surface area contributed by atoms with Gasteiger partial charge in [-0.3, -0.25) is 4.79 Å². The van der Waals surface area contributed by atoms with Gasteiger partial charge in [-0.05, 0) is 31.4 Å². The van der Waals surface area contributed by atoms with Crippen molar-refractivity contribution in [2.24, 2.45) is 0 Å². The van der Waals surface area contributed by atoms with Crippen LogP contribution in [-0.4, -0.2) is 79.2 Å². The highest BCUT2D eigenvalue weighted by Gasteiger charge is 2.31. The van der Waals surface area contributed by atoms with E-state index in [1.807, 2.05) is 24.4 Å². The summed E-state index contributed by atoms with van der Waals surface area (Å²) >= 11 is 0. The molecule has 4 aromatic heterocycles. The number of hydrogen-bond donors (Lipinski definition) is 5. The Morgan fingerprint density at radius 3 is 2.82 bits per heavy atom. The van der Waals surface area contributed by atoms with Gasteiger partial charge in [-0.1, -0.05) is 0 Å². The predicted octanol–water partition coefficient (Wildman–Crippen LogP) is 1.33. The Kier molecular flexibility index (Phi) is 6.14. The summed E-state index contributed by atoms with van der Waals surface area (Å²) in [7, 11) is 1.79. The highest BCUT2D eigenvalue weighted by molar-refractivity contribution is 6.01. The first kappa shape index (κ1) is 22.3. The first-order valence-electron chi connectivity index (χ1n) is 11.3. The van der Waals surface area contributed by atoms with E-state index in [9.17, 15) is 9.90 Å². The van der Waals surface area contributed by atoms with Crippen molar-refractivity contribution in [1.29, 1.82) is 0 Å². The molecule has 4 aromatic rings. The Bertz CT molecular complexity index is 1310. The molecule has 1 aliphatic heterocycles. The zero-order valence-electron chi connectivity index (χ0n) is 18.7. The third-order valence-corrected chi connectivity index (χ3v) is 6.16. The highest BCUT2D eigenvalue weighted by Crippen LogP contribution is 2.29. The van der Waals surface area contributed by atoms with Crippen molar-refractivity contribution in [2.75, 3.05) is 25.6 Å². The van der Waals surface area contributed by atoms with Crippen LogP contribution in [0.2, 0.25) is 0 Å². The highest BCUT2D eigenvalue weighted by atomic mass is 16.5. The molecule has 0 bridgehead atoms. The van der Waals surface area contributed by atoms with Crippen LogP contribution in [0.15, 0.2) is 36.8 Å². The van der Waals surface area contributed by atoms with E-state index in [1.54, 1.807) is 17.8 Å². The molecular weight excluding hydrogens is 438 g/mol. The fourth-order valence-corrected chi connectivity index (χ4v) is 4.03. The zero-order valence-corrected chi connectivity index (χ0v) is 18.7. The maximum Gasteiger partial charge on any atom is 0.257 e. The molecule has 2 aliphatic rings. The number of hydrogen-bond acceptors (Lipinski definition) is 8. The first-order chi connectivity index (χ1) is 16.5. The van der Waals surface area contributed by atoms with Gasteiger partial charge < -0.3 is 30.6 Å². The van der Waals surface area contributed by atoms with E-state index < -0.39 is 6.10 Å². The average Bonchev–Trinajstić information content (AvgIpc) is 3.60. The summed E-state index contributed by atoms with van der Waals surface area (Å²) < 4.78 is 6.41. The van der Waals surface area contributed by atoms with E-state index in [0.717, 1.165) is 36.0 Å². The molecule has 5 heterocycles.